The Morgan fingerprint density at radius 3 is 0.917 bits per heavy atom. The Balaban J connectivity index is 0.000000696. The molecular weight excluding hydrogens is 1380 g/mol. The molecule has 0 aliphatic carbocycles. The van der Waals surface area contributed by atoms with E-state index in [4.69, 9.17) is 0 Å². The predicted octanol–water partition coefficient (Wildman–Crippen LogP) is 15.0. The van der Waals surface area contributed by atoms with E-state index in [-0.39, 0.29) is 75.4 Å². The molecule has 4 aromatic carbocycles. The number of ketones is 4. The number of anilines is 4. The van der Waals surface area contributed by atoms with E-state index in [9.17, 15) is 23.6 Å². The number of hydrogen-bond acceptors (Lipinski definition) is 21. The molecule has 8 aromatic heterocycles. The van der Waals surface area contributed by atoms with Gasteiger partial charge in [0.1, 0.15) is 74.3 Å². The van der Waals surface area contributed by atoms with E-state index in [2.05, 4.69) is 81.1 Å². The average Bonchev–Trinajstić information content (AvgIpc) is 0.825. The fourth-order valence-corrected chi connectivity index (χ4v) is 10.9. The molecular formula is C83H101B4FN16O4S. The second kappa shape index (κ2) is 50.0. The molecule has 0 aliphatic heterocycles. The highest BCUT2D eigenvalue weighted by molar-refractivity contribution is 7.98. The Bertz CT molecular complexity index is 4860. The molecule has 26 heteroatoms. The number of aryl methyl sites for hydroxylation is 6. The summed E-state index contributed by atoms with van der Waals surface area (Å²) in [5, 5.41) is 11.8. The first kappa shape index (κ1) is 96.3. The molecule has 0 aliphatic rings. The molecule has 0 saturated heterocycles. The zero-order valence-corrected chi connectivity index (χ0v) is 67.4. The van der Waals surface area contributed by atoms with Crippen molar-refractivity contribution in [2.24, 2.45) is 0 Å². The van der Waals surface area contributed by atoms with Crippen LogP contribution >= 0.6 is 11.8 Å². The molecule has 8 heterocycles. The second-order valence-corrected chi connectivity index (χ2v) is 24.2. The normalized spacial score (nSPS) is 9.83. The third kappa shape index (κ3) is 29.7. The highest BCUT2D eigenvalue weighted by atomic mass is 32.2. The van der Waals surface area contributed by atoms with E-state index in [1.165, 1.54) is 16.5 Å². The van der Waals surface area contributed by atoms with Crippen LogP contribution < -0.4 is 21.3 Å². The number of hydrogen-bond donors (Lipinski definition) is 4. The van der Waals surface area contributed by atoms with Gasteiger partial charge in [0, 0.05) is 141 Å². The van der Waals surface area contributed by atoms with Crippen LogP contribution in [0.1, 0.15) is 134 Å². The number of halogens is 1. The lowest BCUT2D eigenvalue weighted by Crippen LogP contribution is -2.09. The van der Waals surface area contributed by atoms with Crippen molar-refractivity contribution in [3.05, 3.63) is 230 Å². The summed E-state index contributed by atoms with van der Waals surface area (Å²) >= 11 is 1.69. The number of pyridine rings is 4. The van der Waals surface area contributed by atoms with Gasteiger partial charge in [0.25, 0.3) is 0 Å². The highest BCUT2D eigenvalue weighted by Crippen LogP contribution is 2.23. The first-order valence-corrected chi connectivity index (χ1v) is 36.8. The minimum Gasteiger partial charge on any atom is -0.372 e. The van der Waals surface area contributed by atoms with Crippen molar-refractivity contribution in [3.63, 3.8) is 0 Å². The monoisotopic (exact) mass is 1480 g/mol. The molecule has 0 spiro atoms. The maximum Gasteiger partial charge on any atom is 0.180 e. The first-order valence-electron chi connectivity index (χ1n) is 35.5. The van der Waals surface area contributed by atoms with E-state index in [0.717, 1.165) is 67.3 Å². The van der Waals surface area contributed by atoms with Gasteiger partial charge in [0.2, 0.25) is 0 Å². The van der Waals surface area contributed by atoms with Crippen LogP contribution in [-0.2, 0) is 70.5 Å². The third-order valence-electron chi connectivity index (χ3n) is 15.8. The molecule has 12 rings (SSSR count). The molecule has 4 N–H and O–H groups in total. The number of benzene rings is 4. The fraction of sp³-hybridized carbons (Fsp3) is 0.325. The lowest BCUT2D eigenvalue weighted by molar-refractivity contribution is -0.118. The smallest absolute Gasteiger partial charge is 0.180 e. The van der Waals surface area contributed by atoms with Gasteiger partial charge in [-0.2, -0.15) is 0 Å². The molecule has 12 aromatic rings. The van der Waals surface area contributed by atoms with Crippen molar-refractivity contribution in [2.75, 3.05) is 55.7 Å². The van der Waals surface area contributed by atoms with E-state index < -0.39 is 0 Å². The number of carbonyl (C=O) groups is 4. The lowest BCUT2D eigenvalue weighted by atomic mass is 10.0. The Morgan fingerprint density at radius 1 is 0.339 bits per heavy atom. The maximum atomic E-state index is 13.3. The summed E-state index contributed by atoms with van der Waals surface area (Å²) in [6.07, 6.45) is 11.6. The summed E-state index contributed by atoms with van der Waals surface area (Å²) in [7, 11) is 7.15. The van der Waals surface area contributed by atoms with Crippen molar-refractivity contribution in [1.82, 2.24) is 59.8 Å². The molecule has 109 heavy (non-hydrogen) atoms. The number of carbonyl (C=O) groups excluding carboxylic acids is 4. The van der Waals surface area contributed by atoms with Crippen LogP contribution in [0.4, 0.5) is 27.7 Å². The van der Waals surface area contributed by atoms with Crippen molar-refractivity contribution in [1.29, 1.82) is 0 Å². The molecule has 0 unspecified atom stereocenters. The van der Waals surface area contributed by atoms with E-state index >= 15 is 0 Å². The van der Waals surface area contributed by atoms with Gasteiger partial charge in [-0.05, 0) is 140 Å². The van der Waals surface area contributed by atoms with Gasteiger partial charge in [0.15, 0.2) is 22.6 Å². The van der Waals surface area contributed by atoms with Gasteiger partial charge in [-0.25, -0.2) is 64.2 Å². The van der Waals surface area contributed by atoms with Gasteiger partial charge in [-0.3, -0.25) is 19.2 Å². The summed E-state index contributed by atoms with van der Waals surface area (Å²) in [5.74, 6) is 2.98. The zero-order valence-electron chi connectivity index (χ0n) is 66.6. The minimum absolute atomic E-state index is 0. The molecule has 0 bridgehead atoms. The van der Waals surface area contributed by atoms with E-state index in [1.807, 2.05) is 199 Å². The lowest BCUT2D eigenvalue weighted by Gasteiger charge is -2.08. The zero-order chi connectivity index (χ0) is 77.1. The van der Waals surface area contributed by atoms with Gasteiger partial charge < -0.3 is 21.3 Å². The van der Waals surface area contributed by atoms with Gasteiger partial charge in [0.05, 0.1) is 24.8 Å². The molecule has 12 radical (unpaired) electrons. The fourth-order valence-electron chi connectivity index (χ4n) is 10.5. The van der Waals surface area contributed by atoms with Crippen LogP contribution in [0.5, 0.6) is 0 Å². The molecule has 0 fully saturated rings. The van der Waals surface area contributed by atoms with Gasteiger partial charge in [-0.1, -0.05) is 140 Å². The van der Waals surface area contributed by atoms with Crippen molar-refractivity contribution < 1.29 is 23.6 Å². The van der Waals surface area contributed by atoms with Gasteiger partial charge in [-0.15, -0.1) is 11.8 Å². The van der Waals surface area contributed by atoms with E-state index in [1.54, 1.807) is 83.8 Å². The number of aromatic nitrogens is 12. The number of fused-ring (bicyclic) bond motifs is 4. The number of Topliss-reactive ketones (excluding diaryl/α,β-unsaturated/α-hetero) is 4. The van der Waals surface area contributed by atoms with Crippen LogP contribution in [-0.4, -0.2) is 151 Å². The predicted molar refractivity (Wildman–Crippen MR) is 452 cm³/mol. The number of nitrogens with zero attached hydrogens (tertiary/aromatic N) is 12. The summed E-state index contributed by atoms with van der Waals surface area (Å²) in [5.41, 5.74) is 17.5. The Labute approximate surface area is 655 Å². The summed E-state index contributed by atoms with van der Waals surface area (Å²) in [4.78, 5) is 104. The van der Waals surface area contributed by atoms with Crippen LogP contribution in [0.15, 0.2) is 151 Å². The second-order valence-electron chi connectivity index (χ2n) is 23.3. The van der Waals surface area contributed by atoms with Gasteiger partial charge >= 0.3 is 0 Å². The number of rotatable bonds is 21. The topological polar surface area (TPSA) is 271 Å². The standard InChI is InChI=1S/C19H19FN4O.C19H20N4OS.C19H20N4O.C18H18N4O.4C2H6.4B/c1-11-6-13(4-5-16(11)20)7-15(25)8-14-9-17-19(23-12(14)2)24-18(21-3)10-22-17;1-12-14(10-17-19(22-12)23-18(20-2)11-21-17)9-15(24)8-13-4-6-16(25-3)7-5-13;1-12-5-4-6-14(7-12)8-16(24)9-15-10-17-19(22-13(15)2)23-18(20-3)11-21-17;1-12-14(9-15(23)8-13-6-4-3-5-7-13)10-16-18(21-12)22-17(19-2)11-20-16;4*1-2;;;;/h4-6,9-10H,7-8H2,1-3H3,(H,21,23,24);4-7,10-11H,8-9H2,1-3H3,(H,20,22,23);4-7,10-11H,8-9H2,1-3H3,(H,20,22,23);3-7,10-11H,8-9H2,1-2H3,(H,19,21,22);4*1-2H3;;;;. The van der Waals surface area contributed by atoms with Crippen molar-refractivity contribution >= 4 is 136 Å². The maximum absolute atomic E-state index is 13.3. The van der Waals surface area contributed by atoms with Crippen LogP contribution in [0, 0.1) is 47.4 Å². The first-order chi connectivity index (χ1) is 50.7. The average molecular weight is 1480 g/mol. The number of thioether (sulfide) groups is 1. The summed E-state index contributed by atoms with van der Waals surface area (Å²) in [6, 6.07) is 38.3. The van der Waals surface area contributed by atoms with Crippen LogP contribution in [0.3, 0.4) is 0 Å². The Morgan fingerprint density at radius 2 is 0.624 bits per heavy atom. The Kier molecular flexibility index (Phi) is 44.2. The Hall–Kier alpha value is -10.7. The SMILES string of the molecule is CC.CC.CC.CC.CNc1cnc2cc(CC(=O)Cc3ccc(F)c(C)c3)c(C)nc2n1.CNc1cnc2cc(CC(=O)Cc3ccc(SC)cc3)c(C)nc2n1.CNc1cnc2cc(CC(=O)Cc3cccc(C)c3)c(C)nc2n1.CNc1cnc2cc(CC(=O)Cc3ccccc3)c(C)nc2n1.[B].[B].[B].[B]. The third-order valence-corrected chi connectivity index (χ3v) is 16.6. The molecule has 0 saturated carbocycles. The molecule has 20 nitrogen and oxygen atoms in total. The molecule has 562 valence electrons. The summed E-state index contributed by atoms with van der Waals surface area (Å²) in [6.45, 7) is 27.3. The minimum atomic E-state index is -0.259. The summed E-state index contributed by atoms with van der Waals surface area (Å²) < 4.78 is 13.3. The molecule has 0 atom stereocenters. The highest BCUT2D eigenvalue weighted by Gasteiger charge is 2.17. The van der Waals surface area contributed by atoms with Crippen LogP contribution in [0.2, 0.25) is 0 Å². The quantitative estimate of drug-likeness (QED) is 0.0384. The van der Waals surface area contributed by atoms with Crippen molar-refractivity contribution in [3.8, 4) is 0 Å². The molecule has 0 amide bonds. The van der Waals surface area contributed by atoms with E-state index in [0.29, 0.717) is 112 Å². The number of nitrogens with one attached hydrogen (secondary N) is 4. The van der Waals surface area contributed by atoms with Crippen molar-refractivity contribution in [2.45, 2.75) is 153 Å². The largest absolute Gasteiger partial charge is 0.372 e. The van der Waals surface area contributed by atoms with Crippen LogP contribution in [0.25, 0.3) is 44.7 Å².